The molecule has 0 N–H and O–H groups in total. The molecule has 0 fully saturated rings. The fraction of sp³-hybridized carbons (Fsp3) is 0.300. The lowest BCUT2D eigenvalue weighted by atomic mass is 10.2. The third-order valence-electron chi connectivity index (χ3n) is 4.07. The van der Waals surface area contributed by atoms with E-state index in [0.29, 0.717) is 24.8 Å². The molecule has 0 saturated heterocycles. The van der Waals surface area contributed by atoms with Crippen molar-refractivity contribution in [3.63, 3.8) is 0 Å². The van der Waals surface area contributed by atoms with Crippen LogP contribution >= 0.6 is 11.3 Å². The Bertz CT molecular complexity index is 991. The van der Waals surface area contributed by atoms with E-state index in [1.54, 1.807) is 0 Å². The maximum atomic E-state index is 13.6. The summed E-state index contributed by atoms with van der Waals surface area (Å²) in [4.78, 5) is 21.0. The van der Waals surface area contributed by atoms with Gasteiger partial charge < -0.3 is 9.64 Å². The fourth-order valence-corrected chi connectivity index (χ4v) is 3.65. The van der Waals surface area contributed by atoms with E-state index in [4.69, 9.17) is 4.74 Å². The van der Waals surface area contributed by atoms with Crippen molar-refractivity contribution >= 4 is 32.6 Å². The number of aromatic nitrogens is 1. The molecule has 2 aromatic carbocycles. The first-order chi connectivity index (χ1) is 13.4. The largest absolute Gasteiger partial charge is 0.494 e. The van der Waals surface area contributed by atoms with Gasteiger partial charge in [-0.2, -0.15) is 0 Å². The minimum atomic E-state index is -1.05. The van der Waals surface area contributed by atoms with Crippen LogP contribution < -0.4 is 9.64 Å². The molecule has 1 heterocycles. The van der Waals surface area contributed by atoms with E-state index in [9.17, 15) is 13.6 Å². The molecule has 0 saturated carbocycles. The Balaban J connectivity index is 1.97. The van der Waals surface area contributed by atoms with E-state index >= 15 is 0 Å². The van der Waals surface area contributed by atoms with Gasteiger partial charge in [0.15, 0.2) is 16.8 Å². The Morgan fingerprint density at radius 1 is 1.11 bits per heavy atom. The highest BCUT2D eigenvalue weighted by molar-refractivity contribution is 7.22. The lowest BCUT2D eigenvalue weighted by molar-refractivity contribution is 0.0984. The highest BCUT2D eigenvalue weighted by atomic mass is 32.1. The second-order valence-corrected chi connectivity index (χ2v) is 7.46. The summed E-state index contributed by atoms with van der Waals surface area (Å²) in [5.74, 6) is -1.73. The number of hydrogen-bond acceptors (Lipinski definition) is 5. The van der Waals surface area contributed by atoms with Gasteiger partial charge >= 0.3 is 0 Å². The van der Waals surface area contributed by atoms with E-state index in [0.717, 1.165) is 28.1 Å². The zero-order valence-corrected chi connectivity index (χ0v) is 16.7. The molecule has 5 nitrogen and oxygen atoms in total. The summed E-state index contributed by atoms with van der Waals surface area (Å²) in [7, 11) is 3.79. The summed E-state index contributed by atoms with van der Waals surface area (Å²) in [6.07, 6.45) is 0. The van der Waals surface area contributed by atoms with Crippen molar-refractivity contribution in [3.8, 4) is 5.75 Å². The van der Waals surface area contributed by atoms with E-state index in [1.165, 1.54) is 22.3 Å². The van der Waals surface area contributed by atoms with Gasteiger partial charge in [0.1, 0.15) is 5.75 Å². The predicted octanol–water partition coefficient (Wildman–Crippen LogP) is 4.18. The number of amides is 1. The molecule has 3 rings (SSSR count). The van der Waals surface area contributed by atoms with Crippen LogP contribution in [-0.4, -0.2) is 49.6 Å². The summed E-state index contributed by atoms with van der Waals surface area (Å²) in [5, 5.41) is 0.500. The quantitative estimate of drug-likeness (QED) is 0.592. The minimum absolute atomic E-state index is 0.0758. The third-order valence-corrected chi connectivity index (χ3v) is 5.11. The topological polar surface area (TPSA) is 45.7 Å². The number of benzene rings is 2. The Labute approximate surface area is 166 Å². The van der Waals surface area contributed by atoms with Gasteiger partial charge in [-0.3, -0.25) is 9.69 Å². The maximum absolute atomic E-state index is 13.6. The normalized spacial score (nSPS) is 11.2. The third kappa shape index (κ3) is 4.45. The van der Waals surface area contributed by atoms with E-state index in [1.807, 2.05) is 44.1 Å². The fourth-order valence-electron chi connectivity index (χ4n) is 2.63. The van der Waals surface area contributed by atoms with Crippen LogP contribution in [0.2, 0.25) is 0 Å². The summed E-state index contributed by atoms with van der Waals surface area (Å²) in [5.41, 5.74) is 0.823. The van der Waals surface area contributed by atoms with Gasteiger partial charge in [-0.05, 0) is 57.4 Å². The number of anilines is 1. The van der Waals surface area contributed by atoms with Crippen LogP contribution in [0.1, 0.15) is 17.3 Å². The number of ether oxygens (including phenoxy) is 1. The first kappa shape index (κ1) is 20.2. The van der Waals surface area contributed by atoms with Gasteiger partial charge in [0, 0.05) is 18.7 Å². The number of fused-ring (bicyclic) bond motifs is 1. The van der Waals surface area contributed by atoms with Gasteiger partial charge in [-0.25, -0.2) is 13.8 Å². The number of likely N-dealkylation sites (N-methyl/N-ethyl adjacent to an activating group) is 1. The van der Waals surface area contributed by atoms with E-state index < -0.39 is 17.5 Å². The Kier molecular flexibility index (Phi) is 6.21. The molecule has 0 aliphatic heterocycles. The Hall–Kier alpha value is -2.58. The standard InChI is InChI=1S/C20H21F2N3O2S/c1-4-27-14-6-8-17-18(12-14)28-20(23-17)25(10-9-24(2)3)19(26)13-5-7-15(21)16(22)11-13/h5-8,11-12H,4,9-10H2,1-3H3. The second kappa shape index (κ2) is 8.62. The van der Waals surface area contributed by atoms with Crippen LogP contribution in [0.4, 0.5) is 13.9 Å². The molecule has 0 bridgehead atoms. The average molecular weight is 405 g/mol. The number of carbonyl (C=O) groups excluding carboxylic acids is 1. The number of hydrogen-bond donors (Lipinski definition) is 0. The van der Waals surface area contributed by atoms with Crippen LogP contribution in [0.15, 0.2) is 36.4 Å². The molecule has 8 heteroatoms. The van der Waals surface area contributed by atoms with Crippen LogP contribution in [0.5, 0.6) is 5.75 Å². The van der Waals surface area contributed by atoms with Crippen molar-refractivity contribution in [2.75, 3.05) is 38.7 Å². The van der Waals surface area contributed by atoms with Gasteiger partial charge in [-0.1, -0.05) is 11.3 Å². The molecule has 0 spiro atoms. The summed E-state index contributed by atoms with van der Waals surface area (Å²) >= 11 is 1.36. The minimum Gasteiger partial charge on any atom is -0.494 e. The molecular weight excluding hydrogens is 384 g/mol. The van der Waals surface area contributed by atoms with E-state index in [-0.39, 0.29) is 5.56 Å². The number of nitrogens with zero attached hydrogens (tertiary/aromatic N) is 3. The number of rotatable bonds is 7. The summed E-state index contributed by atoms with van der Waals surface area (Å²) in [6, 6.07) is 8.71. The molecule has 3 aromatic rings. The molecular formula is C20H21F2N3O2S. The van der Waals surface area contributed by atoms with Gasteiger partial charge in [0.2, 0.25) is 0 Å². The van der Waals surface area contributed by atoms with Crippen molar-refractivity contribution in [3.05, 3.63) is 53.6 Å². The monoisotopic (exact) mass is 405 g/mol. The molecule has 0 aliphatic rings. The number of halogens is 2. The van der Waals surface area contributed by atoms with Gasteiger partial charge in [-0.15, -0.1) is 0 Å². The first-order valence-electron chi connectivity index (χ1n) is 8.84. The van der Waals surface area contributed by atoms with Crippen molar-refractivity contribution in [2.45, 2.75) is 6.92 Å². The molecule has 0 radical (unpaired) electrons. The highest BCUT2D eigenvalue weighted by Crippen LogP contribution is 2.32. The average Bonchev–Trinajstić information content (AvgIpc) is 3.07. The number of carbonyl (C=O) groups is 1. The van der Waals surface area contributed by atoms with Crippen molar-refractivity contribution in [1.29, 1.82) is 0 Å². The molecule has 1 aromatic heterocycles. The van der Waals surface area contributed by atoms with E-state index in [2.05, 4.69) is 4.98 Å². The van der Waals surface area contributed by atoms with Crippen LogP contribution in [0, 0.1) is 11.6 Å². The highest BCUT2D eigenvalue weighted by Gasteiger charge is 2.22. The molecule has 0 unspecified atom stereocenters. The van der Waals surface area contributed by atoms with Gasteiger partial charge in [0.05, 0.1) is 16.8 Å². The molecule has 1 amide bonds. The molecule has 148 valence electrons. The lowest BCUT2D eigenvalue weighted by Gasteiger charge is -2.22. The van der Waals surface area contributed by atoms with Crippen LogP contribution in [-0.2, 0) is 0 Å². The van der Waals surface area contributed by atoms with Crippen molar-refractivity contribution in [1.82, 2.24) is 9.88 Å². The Morgan fingerprint density at radius 3 is 2.57 bits per heavy atom. The lowest BCUT2D eigenvalue weighted by Crippen LogP contribution is -2.36. The molecule has 0 aliphatic carbocycles. The van der Waals surface area contributed by atoms with Crippen LogP contribution in [0.3, 0.4) is 0 Å². The predicted molar refractivity (Wildman–Crippen MR) is 107 cm³/mol. The maximum Gasteiger partial charge on any atom is 0.260 e. The summed E-state index contributed by atoms with van der Waals surface area (Å²) < 4.78 is 33.3. The van der Waals surface area contributed by atoms with Gasteiger partial charge in [0.25, 0.3) is 5.91 Å². The first-order valence-corrected chi connectivity index (χ1v) is 9.65. The van der Waals surface area contributed by atoms with Crippen molar-refractivity contribution < 1.29 is 18.3 Å². The zero-order chi connectivity index (χ0) is 20.3. The summed E-state index contributed by atoms with van der Waals surface area (Å²) in [6.45, 7) is 3.42. The molecule has 0 atom stereocenters. The molecule has 28 heavy (non-hydrogen) atoms. The Morgan fingerprint density at radius 2 is 1.89 bits per heavy atom. The second-order valence-electron chi connectivity index (χ2n) is 6.45. The number of thiazole rings is 1. The SMILES string of the molecule is CCOc1ccc2nc(N(CCN(C)C)C(=O)c3ccc(F)c(F)c3)sc2c1. The van der Waals surface area contributed by atoms with Crippen molar-refractivity contribution in [2.24, 2.45) is 0 Å². The zero-order valence-electron chi connectivity index (χ0n) is 15.9. The van der Waals surface area contributed by atoms with Crippen LogP contribution in [0.25, 0.3) is 10.2 Å². The smallest absolute Gasteiger partial charge is 0.260 e.